The highest BCUT2D eigenvalue weighted by Crippen LogP contribution is 2.36. The van der Waals surface area contributed by atoms with Gasteiger partial charge in [0.25, 0.3) is 0 Å². The van der Waals surface area contributed by atoms with E-state index in [1.54, 1.807) is 39.3 Å². The number of allylic oxidation sites excluding steroid dienone is 1. The van der Waals surface area contributed by atoms with Crippen molar-refractivity contribution in [1.82, 2.24) is 10.6 Å². The minimum Gasteiger partial charge on any atom is -0.497 e. The molecule has 7 nitrogen and oxygen atoms in total. The third-order valence-electron chi connectivity index (χ3n) is 5.47. The number of methoxy groups -OCH3 is 2. The van der Waals surface area contributed by atoms with Crippen molar-refractivity contribution in [3.63, 3.8) is 0 Å². The quantitative estimate of drug-likeness (QED) is 0.755. The summed E-state index contributed by atoms with van der Waals surface area (Å²) in [6.45, 7) is 3.92. The van der Waals surface area contributed by atoms with Crippen LogP contribution in [-0.4, -0.2) is 32.3 Å². The van der Waals surface area contributed by atoms with Crippen molar-refractivity contribution in [2.45, 2.75) is 51.7 Å². The van der Waals surface area contributed by atoms with E-state index in [1.807, 2.05) is 0 Å². The van der Waals surface area contributed by atoms with Crippen molar-refractivity contribution in [3.8, 4) is 11.5 Å². The van der Waals surface area contributed by atoms with E-state index in [-0.39, 0.29) is 12.1 Å². The largest absolute Gasteiger partial charge is 0.497 e. The molecule has 1 aromatic carbocycles. The van der Waals surface area contributed by atoms with Gasteiger partial charge in [-0.05, 0) is 56.7 Å². The van der Waals surface area contributed by atoms with Crippen molar-refractivity contribution in [2.24, 2.45) is 5.92 Å². The van der Waals surface area contributed by atoms with Gasteiger partial charge >= 0.3 is 12.0 Å². The van der Waals surface area contributed by atoms with Gasteiger partial charge < -0.3 is 24.8 Å². The van der Waals surface area contributed by atoms with Crippen LogP contribution in [0.1, 0.15) is 51.1 Å². The molecule has 28 heavy (non-hydrogen) atoms. The lowest BCUT2D eigenvalue weighted by Crippen LogP contribution is -2.45. The summed E-state index contributed by atoms with van der Waals surface area (Å²) >= 11 is 0. The lowest BCUT2D eigenvalue weighted by molar-refractivity contribution is -0.146. The fourth-order valence-corrected chi connectivity index (χ4v) is 3.82. The first-order valence-electron chi connectivity index (χ1n) is 9.64. The van der Waals surface area contributed by atoms with Crippen LogP contribution in [0.5, 0.6) is 11.5 Å². The molecule has 1 saturated carbocycles. The van der Waals surface area contributed by atoms with Gasteiger partial charge in [-0.1, -0.05) is 6.92 Å². The maximum Gasteiger partial charge on any atom is 0.338 e. The average Bonchev–Trinajstić information content (AvgIpc) is 2.68. The van der Waals surface area contributed by atoms with Crippen molar-refractivity contribution in [1.29, 1.82) is 0 Å². The normalized spacial score (nSPS) is 24.9. The van der Waals surface area contributed by atoms with Crippen LogP contribution in [0.15, 0.2) is 29.5 Å². The molecule has 1 aliphatic carbocycles. The lowest BCUT2D eigenvalue weighted by Gasteiger charge is -2.31. The summed E-state index contributed by atoms with van der Waals surface area (Å²) in [4.78, 5) is 25.2. The van der Waals surface area contributed by atoms with Crippen LogP contribution < -0.4 is 20.1 Å². The molecule has 1 aliphatic heterocycles. The molecule has 152 valence electrons. The summed E-state index contributed by atoms with van der Waals surface area (Å²) in [6, 6.07) is 4.22. The van der Waals surface area contributed by atoms with Crippen LogP contribution in [0.4, 0.5) is 4.79 Å². The molecule has 1 heterocycles. The number of carbonyl (C=O) groups excluding carboxylic acids is 2. The second-order valence-electron chi connectivity index (χ2n) is 7.47. The molecule has 2 N–H and O–H groups in total. The van der Waals surface area contributed by atoms with Gasteiger partial charge in [-0.2, -0.15) is 0 Å². The van der Waals surface area contributed by atoms with Gasteiger partial charge in [0.05, 0.1) is 25.8 Å². The second-order valence-corrected chi connectivity index (χ2v) is 7.47. The number of rotatable bonds is 5. The average molecular weight is 388 g/mol. The van der Waals surface area contributed by atoms with Gasteiger partial charge in [0.1, 0.15) is 17.6 Å². The smallest absolute Gasteiger partial charge is 0.338 e. The number of esters is 1. The molecule has 0 radical (unpaired) electrons. The summed E-state index contributed by atoms with van der Waals surface area (Å²) in [5.41, 5.74) is 1.50. The Hall–Kier alpha value is -2.70. The number of amides is 2. The lowest BCUT2D eigenvalue weighted by atomic mass is 9.88. The van der Waals surface area contributed by atoms with E-state index < -0.39 is 12.0 Å². The first-order valence-corrected chi connectivity index (χ1v) is 9.64. The third kappa shape index (κ3) is 4.24. The highest BCUT2D eigenvalue weighted by molar-refractivity contribution is 5.95. The Morgan fingerprint density at radius 1 is 1.11 bits per heavy atom. The molecule has 7 heteroatoms. The zero-order valence-corrected chi connectivity index (χ0v) is 16.8. The van der Waals surface area contributed by atoms with E-state index in [2.05, 4.69) is 17.6 Å². The fourth-order valence-electron chi connectivity index (χ4n) is 3.82. The molecule has 0 bridgehead atoms. The monoisotopic (exact) mass is 388 g/mol. The molecular weight excluding hydrogens is 360 g/mol. The molecule has 2 aliphatic rings. The van der Waals surface area contributed by atoms with Crippen molar-refractivity contribution in [3.05, 3.63) is 35.0 Å². The maximum atomic E-state index is 13.1. The minimum absolute atomic E-state index is 0.0884. The van der Waals surface area contributed by atoms with Crippen LogP contribution in [0, 0.1) is 5.92 Å². The van der Waals surface area contributed by atoms with Crippen LogP contribution in [0.3, 0.4) is 0 Å². The van der Waals surface area contributed by atoms with Crippen molar-refractivity contribution >= 4 is 12.0 Å². The van der Waals surface area contributed by atoms with E-state index in [9.17, 15) is 9.59 Å². The molecule has 0 spiro atoms. The predicted molar refractivity (Wildman–Crippen MR) is 104 cm³/mol. The third-order valence-corrected chi connectivity index (χ3v) is 5.47. The highest BCUT2D eigenvalue weighted by atomic mass is 16.5. The number of benzene rings is 1. The van der Waals surface area contributed by atoms with Gasteiger partial charge in [-0.15, -0.1) is 0 Å². The molecule has 1 aromatic rings. The molecule has 0 saturated heterocycles. The summed E-state index contributed by atoms with van der Waals surface area (Å²) in [5, 5.41) is 5.50. The first kappa shape index (κ1) is 20.0. The Morgan fingerprint density at radius 3 is 2.46 bits per heavy atom. The van der Waals surface area contributed by atoms with Gasteiger partial charge in [0.2, 0.25) is 0 Å². The number of hydrogen-bond donors (Lipinski definition) is 2. The Bertz CT molecular complexity index is 781. The Balaban J connectivity index is 1.92. The van der Waals surface area contributed by atoms with E-state index in [0.29, 0.717) is 34.3 Å². The van der Waals surface area contributed by atoms with Gasteiger partial charge in [0, 0.05) is 11.3 Å². The number of hydrogen-bond acceptors (Lipinski definition) is 5. The van der Waals surface area contributed by atoms with Crippen LogP contribution in [-0.2, 0) is 9.53 Å². The van der Waals surface area contributed by atoms with Crippen molar-refractivity contribution in [2.75, 3.05) is 14.2 Å². The zero-order valence-electron chi connectivity index (χ0n) is 16.8. The van der Waals surface area contributed by atoms with Gasteiger partial charge in [-0.3, -0.25) is 0 Å². The van der Waals surface area contributed by atoms with E-state index in [1.165, 1.54) is 0 Å². The van der Waals surface area contributed by atoms with Gasteiger partial charge in [-0.25, -0.2) is 9.59 Å². The summed E-state index contributed by atoms with van der Waals surface area (Å²) < 4.78 is 16.6. The summed E-state index contributed by atoms with van der Waals surface area (Å²) in [7, 11) is 3.11. The van der Waals surface area contributed by atoms with Crippen molar-refractivity contribution < 1.29 is 23.8 Å². The van der Waals surface area contributed by atoms with Gasteiger partial charge in [0.15, 0.2) is 0 Å². The van der Waals surface area contributed by atoms with Crippen LogP contribution >= 0.6 is 0 Å². The van der Waals surface area contributed by atoms with E-state index in [0.717, 1.165) is 25.7 Å². The van der Waals surface area contributed by atoms with E-state index >= 15 is 0 Å². The van der Waals surface area contributed by atoms with Crippen LogP contribution in [0.25, 0.3) is 0 Å². The molecule has 0 aromatic heterocycles. The second kappa shape index (κ2) is 8.54. The topological polar surface area (TPSA) is 85.9 Å². The summed E-state index contributed by atoms with van der Waals surface area (Å²) in [5.74, 6) is 1.41. The number of urea groups is 1. The SMILES string of the molecule is COc1ccc(OC)c([C@@H]2NC(=O)NC(C)=C2C(=O)OC2CCC(C)CC2)c1. The Labute approximate surface area is 165 Å². The molecular formula is C21H28N2O5. The maximum absolute atomic E-state index is 13.1. The minimum atomic E-state index is -0.686. The first-order chi connectivity index (χ1) is 13.4. The molecule has 1 atom stereocenters. The Morgan fingerprint density at radius 2 is 1.82 bits per heavy atom. The molecule has 3 rings (SSSR count). The standard InChI is InChI=1S/C21H28N2O5/c1-12-5-7-14(8-6-12)28-20(24)18-13(2)22-21(25)23-19(18)16-11-15(26-3)9-10-17(16)27-4/h9-12,14,19H,5-8H2,1-4H3,(H2,22,23,25)/t12?,14?,19-/m0/s1. The molecule has 2 amide bonds. The number of ether oxygens (including phenoxy) is 3. The number of nitrogens with one attached hydrogen (secondary N) is 2. The molecule has 0 unspecified atom stereocenters. The fraction of sp³-hybridized carbons (Fsp3) is 0.524. The highest BCUT2D eigenvalue weighted by Gasteiger charge is 2.35. The number of carbonyl (C=O) groups is 2. The molecule has 1 fully saturated rings. The summed E-state index contributed by atoms with van der Waals surface area (Å²) in [6.07, 6.45) is 3.75. The zero-order chi connectivity index (χ0) is 20.3. The van der Waals surface area contributed by atoms with E-state index in [4.69, 9.17) is 14.2 Å². The predicted octanol–water partition coefficient (Wildman–Crippen LogP) is 3.45. The van der Waals surface area contributed by atoms with Crippen LogP contribution in [0.2, 0.25) is 0 Å². The Kier molecular flexibility index (Phi) is 6.11.